The Morgan fingerprint density at radius 3 is 2.60 bits per heavy atom. The number of nitriles is 1. The number of hydrogen-bond acceptors (Lipinski definition) is 3. The number of rotatable bonds is 5. The van der Waals surface area contributed by atoms with Gasteiger partial charge < -0.3 is 5.32 Å². The van der Waals surface area contributed by atoms with Crippen LogP contribution >= 0.6 is 0 Å². The number of amides is 3. The first-order valence-electron chi connectivity index (χ1n) is 6.75. The standard InChI is InChI=1S/C15H17N3O2/c1-2-11-5-7-12(8-6-11)13-14(19)18(15(20)17-13)10-4-3-9-16/h5-8,13H,2-4,10H2,1H3,(H,17,20). The molecule has 0 spiro atoms. The maximum Gasteiger partial charge on any atom is 0.325 e. The van der Waals surface area contributed by atoms with Crippen molar-refractivity contribution in [3.8, 4) is 6.07 Å². The number of nitrogens with one attached hydrogen (secondary N) is 1. The number of carbonyl (C=O) groups is 2. The third-order valence-corrected chi connectivity index (χ3v) is 3.42. The molecule has 1 N–H and O–H groups in total. The number of benzene rings is 1. The predicted octanol–water partition coefficient (Wildman–Crippen LogP) is 2.15. The predicted molar refractivity (Wildman–Crippen MR) is 73.7 cm³/mol. The molecule has 5 heteroatoms. The minimum atomic E-state index is -0.601. The Balaban J connectivity index is 2.08. The minimum Gasteiger partial charge on any atom is -0.322 e. The number of imide groups is 1. The molecule has 1 aliphatic heterocycles. The Hall–Kier alpha value is -2.35. The molecule has 3 amide bonds. The van der Waals surface area contributed by atoms with Gasteiger partial charge >= 0.3 is 6.03 Å². The number of aryl methyl sites for hydroxylation is 1. The van der Waals surface area contributed by atoms with Gasteiger partial charge in [0.1, 0.15) is 6.04 Å². The van der Waals surface area contributed by atoms with Crippen LogP contribution in [0.25, 0.3) is 0 Å². The highest BCUT2D eigenvalue weighted by Crippen LogP contribution is 2.22. The second kappa shape index (κ2) is 6.20. The molecule has 0 bridgehead atoms. The third kappa shape index (κ3) is 2.80. The molecular formula is C15H17N3O2. The Labute approximate surface area is 118 Å². The summed E-state index contributed by atoms with van der Waals surface area (Å²) >= 11 is 0. The lowest BCUT2D eigenvalue weighted by molar-refractivity contribution is -0.127. The van der Waals surface area contributed by atoms with Crippen molar-refractivity contribution in [1.82, 2.24) is 10.2 Å². The van der Waals surface area contributed by atoms with Crippen molar-refractivity contribution < 1.29 is 9.59 Å². The molecule has 1 atom stereocenters. The van der Waals surface area contributed by atoms with Gasteiger partial charge in [-0.05, 0) is 24.0 Å². The van der Waals surface area contributed by atoms with Crippen LogP contribution in [0.1, 0.15) is 36.9 Å². The smallest absolute Gasteiger partial charge is 0.322 e. The first kappa shape index (κ1) is 14.1. The molecule has 1 aromatic rings. The molecule has 0 aliphatic carbocycles. The molecule has 2 rings (SSSR count). The zero-order valence-electron chi connectivity index (χ0n) is 11.4. The van der Waals surface area contributed by atoms with E-state index >= 15 is 0 Å². The van der Waals surface area contributed by atoms with Crippen molar-refractivity contribution in [3.63, 3.8) is 0 Å². The van der Waals surface area contributed by atoms with Gasteiger partial charge in [-0.3, -0.25) is 9.69 Å². The van der Waals surface area contributed by atoms with Crippen molar-refractivity contribution in [2.45, 2.75) is 32.2 Å². The summed E-state index contributed by atoms with van der Waals surface area (Å²) in [5.74, 6) is -0.239. The van der Waals surface area contributed by atoms with Gasteiger partial charge in [0.05, 0.1) is 6.07 Å². The summed E-state index contributed by atoms with van der Waals surface area (Å²) in [5.41, 5.74) is 1.99. The fourth-order valence-electron chi connectivity index (χ4n) is 2.22. The van der Waals surface area contributed by atoms with E-state index in [4.69, 9.17) is 5.26 Å². The van der Waals surface area contributed by atoms with Gasteiger partial charge in [-0.1, -0.05) is 31.2 Å². The van der Waals surface area contributed by atoms with E-state index < -0.39 is 6.04 Å². The van der Waals surface area contributed by atoms with Gasteiger partial charge in [-0.2, -0.15) is 5.26 Å². The fraction of sp³-hybridized carbons (Fsp3) is 0.400. The average Bonchev–Trinajstić information content (AvgIpc) is 2.75. The number of hydrogen-bond donors (Lipinski definition) is 1. The summed E-state index contributed by atoms with van der Waals surface area (Å²) in [4.78, 5) is 25.2. The van der Waals surface area contributed by atoms with Crippen LogP contribution < -0.4 is 5.32 Å². The molecule has 5 nitrogen and oxygen atoms in total. The second-order valence-corrected chi connectivity index (χ2v) is 4.73. The Kier molecular flexibility index (Phi) is 4.36. The molecular weight excluding hydrogens is 254 g/mol. The maximum atomic E-state index is 12.2. The summed E-state index contributed by atoms with van der Waals surface area (Å²) in [7, 11) is 0. The lowest BCUT2D eigenvalue weighted by Gasteiger charge is -2.12. The van der Waals surface area contributed by atoms with Gasteiger partial charge in [0.25, 0.3) is 5.91 Å². The molecule has 1 aromatic carbocycles. The van der Waals surface area contributed by atoms with Crippen LogP contribution in [0, 0.1) is 11.3 Å². The van der Waals surface area contributed by atoms with Crippen LogP contribution in [0.15, 0.2) is 24.3 Å². The topological polar surface area (TPSA) is 73.2 Å². The van der Waals surface area contributed by atoms with E-state index in [1.807, 2.05) is 30.3 Å². The maximum absolute atomic E-state index is 12.2. The molecule has 1 unspecified atom stereocenters. The van der Waals surface area contributed by atoms with Gasteiger partial charge in [0, 0.05) is 13.0 Å². The van der Waals surface area contributed by atoms with Gasteiger partial charge in [-0.25, -0.2) is 4.79 Å². The van der Waals surface area contributed by atoms with E-state index in [2.05, 4.69) is 12.2 Å². The average molecular weight is 271 g/mol. The van der Waals surface area contributed by atoms with E-state index in [9.17, 15) is 9.59 Å². The van der Waals surface area contributed by atoms with E-state index in [0.29, 0.717) is 19.4 Å². The largest absolute Gasteiger partial charge is 0.325 e. The van der Waals surface area contributed by atoms with E-state index in [0.717, 1.165) is 12.0 Å². The molecule has 20 heavy (non-hydrogen) atoms. The second-order valence-electron chi connectivity index (χ2n) is 4.73. The lowest BCUT2D eigenvalue weighted by atomic mass is 10.0. The van der Waals surface area contributed by atoms with E-state index in [1.54, 1.807) is 0 Å². The first-order valence-corrected chi connectivity index (χ1v) is 6.75. The van der Waals surface area contributed by atoms with Gasteiger partial charge in [0.15, 0.2) is 0 Å². The van der Waals surface area contributed by atoms with E-state index in [1.165, 1.54) is 10.5 Å². The molecule has 0 radical (unpaired) electrons. The van der Waals surface area contributed by atoms with Crippen molar-refractivity contribution >= 4 is 11.9 Å². The van der Waals surface area contributed by atoms with Crippen molar-refractivity contribution in [2.75, 3.05) is 6.54 Å². The molecule has 1 heterocycles. The first-order chi connectivity index (χ1) is 9.67. The number of urea groups is 1. The Morgan fingerprint density at radius 1 is 1.30 bits per heavy atom. The molecule has 1 aliphatic rings. The number of carbonyl (C=O) groups excluding carboxylic acids is 2. The van der Waals surface area contributed by atoms with Crippen LogP contribution in [0.5, 0.6) is 0 Å². The summed E-state index contributed by atoms with van der Waals surface area (Å²) in [6, 6.07) is 8.71. The van der Waals surface area contributed by atoms with E-state index in [-0.39, 0.29) is 11.9 Å². The normalized spacial score (nSPS) is 18.0. The molecule has 0 aromatic heterocycles. The van der Waals surface area contributed by atoms with Crippen molar-refractivity contribution in [2.24, 2.45) is 0 Å². The van der Waals surface area contributed by atoms with Gasteiger partial charge in [-0.15, -0.1) is 0 Å². The quantitative estimate of drug-likeness (QED) is 0.658. The highest BCUT2D eigenvalue weighted by Gasteiger charge is 2.38. The molecule has 1 fully saturated rings. The SMILES string of the molecule is CCc1ccc(C2NC(=O)N(CCCC#N)C2=O)cc1. The monoisotopic (exact) mass is 271 g/mol. The van der Waals surface area contributed by atoms with Crippen LogP contribution in [0.4, 0.5) is 4.79 Å². The Bertz CT molecular complexity index is 545. The highest BCUT2D eigenvalue weighted by molar-refractivity contribution is 6.04. The summed E-state index contributed by atoms with van der Waals surface area (Å²) in [5, 5.41) is 11.2. The number of unbranched alkanes of at least 4 members (excludes halogenated alkanes) is 1. The van der Waals surface area contributed by atoms with Crippen LogP contribution in [0.3, 0.4) is 0 Å². The third-order valence-electron chi connectivity index (χ3n) is 3.42. The summed E-state index contributed by atoms with van der Waals surface area (Å²) < 4.78 is 0. The summed E-state index contributed by atoms with van der Waals surface area (Å²) in [6.45, 7) is 2.36. The molecule has 104 valence electrons. The van der Waals surface area contributed by atoms with Crippen LogP contribution in [0.2, 0.25) is 0 Å². The van der Waals surface area contributed by atoms with Crippen LogP contribution in [-0.2, 0) is 11.2 Å². The number of nitrogens with zero attached hydrogens (tertiary/aromatic N) is 2. The zero-order chi connectivity index (χ0) is 14.5. The molecule has 1 saturated heterocycles. The van der Waals surface area contributed by atoms with Crippen molar-refractivity contribution in [1.29, 1.82) is 5.26 Å². The highest BCUT2D eigenvalue weighted by atomic mass is 16.2. The fourth-order valence-corrected chi connectivity index (χ4v) is 2.22. The summed E-state index contributed by atoms with van der Waals surface area (Å²) in [6.07, 6.45) is 1.79. The minimum absolute atomic E-state index is 0.239. The Morgan fingerprint density at radius 2 is 2.00 bits per heavy atom. The zero-order valence-corrected chi connectivity index (χ0v) is 11.4. The lowest BCUT2D eigenvalue weighted by Crippen LogP contribution is -2.31. The molecule has 0 saturated carbocycles. The van der Waals surface area contributed by atoms with Crippen molar-refractivity contribution in [3.05, 3.63) is 35.4 Å². The van der Waals surface area contributed by atoms with Gasteiger partial charge in [0.2, 0.25) is 0 Å². The van der Waals surface area contributed by atoms with Crippen LogP contribution in [-0.4, -0.2) is 23.4 Å².